The van der Waals surface area contributed by atoms with Gasteiger partial charge in [-0.3, -0.25) is 4.79 Å². The van der Waals surface area contributed by atoms with Gasteiger partial charge in [-0.15, -0.1) is 5.10 Å². The molecule has 2 unspecified atom stereocenters. The third kappa shape index (κ3) is 3.88. The SMILES string of the molecule is CNCC(C)C(=O)NC(C)c1cn(-c2ccccc2)nn1. The summed E-state index contributed by atoms with van der Waals surface area (Å²) in [5.74, 6) is -0.0762. The lowest BCUT2D eigenvalue weighted by Crippen LogP contribution is -2.35. The summed E-state index contributed by atoms with van der Waals surface area (Å²) in [6, 6.07) is 9.58. The van der Waals surface area contributed by atoms with E-state index in [-0.39, 0.29) is 17.9 Å². The van der Waals surface area contributed by atoms with Crippen molar-refractivity contribution in [2.45, 2.75) is 19.9 Å². The molecule has 0 bridgehead atoms. The molecule has 2 atom stereocenters. The first-order chi connectivity index (χ1) is 10.1. The Balaban J connectivity index is 2.02. The Kier molecular flexibility index (Phi) is 5.05. The Morgan fingerprint density at radius 2 is 2.00 bits per heavy atom. The summed E-state index contributed by atoms with van der Waals surface area (Å²) in [5, 5.41) is 14.2. The van der Waals surface area contributed by atoms with Gasteiger partial charge in [-0.1, -0.05) is 30.3 Å². The molecule has 0 fully saturated rings. The maximum atomic E-state index is 12.0. The molecule has 0 aliphatic carbocycles. The van der Waals surface area contributed by atoms with Gasteiger partial charge in [0.15, 0.2) is 0 Å². The standard InChI is InChI=1S/C15H21N5O/c1-11(9-16-3)15(21)17-12(2)14-10-20(19-18-14)13-7-5-4-6-8-13/h4-8,10-12,16H,9H2,1-3H3,(H,17,21). The van der Waals surface area contributed by atoms with E-state index in [1.165, 1.54) is 0 Å². The lowest BCUT2D eigenvalue weighted by molar-refractivity contribution is -0.125. The van der Waals surface area contributed by atoms with Crippen molar-refractivity contribution in [2.24, 2.45) is 5.92 Å². The number of para-hydroxylation sites is 1. The van der Waals surface area contributed by atoms with Gasteiger partial charge in [-0.2, -0.15) is 0 Å². The highest BCUT2D eigenvalue weighted by Crippen LogP contribution is 2.12. The molecule has 0 saturated carbocycles. The Morgan fingerprint density at radius 3 is 2.67 bits per heavy atom. The summed E-state index contributed by atoms with van der Waals surface area (Å²) in [4.78, 5) is 12.0. The summed E-state index contributed by atoms with van der Waals surface area (Å²) in [6.07, 6.45) is 1.84. The second-order valence-electron chi connectivity index (χ2n) is 5.11. The minimum absolute atomic E-state index is 0.00566. The Bertz CT molecular complexity index is 581. The molecule has 1 aromatic heterocycles. The van der Waals surface area contributed by atoms with Crippen molar-refractivity contribution >= 4 is 5.91 Å². The molecular formula is C15H21N5O. The number of amides is 1. The van der Waals surface area contributed by atoms with Crippen LogP contribution in [0.3, 0.4) is 0 Å². The fourth-order valence-electron chi connectivity index (χ4n) is 2.01. The number of carbonyl (C=O) groups is 1. The van der Waals surface area contributed by atoms with E-state index < -0.39 is 0 Å². The maximum absolute atomic E-state index is 12.0. The van der Waals surface area contributed by atoms with E-state index in [1.807, 2.05) is 57.4 Å². The van der Waals surface area contributed by atoms with Crippen LogP contribution in [0.2, 0.25) is 0 Å². The van der Waals surface area contributed by atoms with Crippen LogP contribution in [-0.2, 0) is 4.79 Å². The van der Waals surface area contributed by atoms with Crippen LogP contribution in [0.15, 0.2) is 36.5 Å². The van der Waals surface area contributed by atoms with E-state index in [2.05, 4.69) is 20.9 Å². The zero-order valence-corrected chi connectivity index (χ0v) is 12.6. The number of hydrogen-bond donors (Lipinski definition) is 2. The predicted octanol–water partition coefficient (Wildman–Crippen LogP) is 1.30. The molecule has 21 heavy (non-hydrogen) atoms. The summed E-state index contributed by atoms with van der Waals surface area (Å²) in [7, 11) is 1.83. The first-order valence-electron chi connectivity index (χ1n) is 7.04. The molecule has 6 heteroatoms. The van der Waals surface area contributed by atoms with E-state index in [4.69, 9.17) is 0 Å². The summed E-state index contributed by atoms with van der Waals surface area (Å²) >= 11 is 0. The first kappa shape index (κ1) is 15.2. The highest BCUT2D eigenvalue weighted by Gasteiger charge is 2.17. The number of nitrogens with one attached hydrogen (secondary N) is 2. The van der Waals surface area contributed by atoms with E-state index in [0.29, 0.717) is 6.54 Å². The zero-order chi connectivity index (χ0) is 15.2. The van der Waals surface area contributed by atoms with Crippen molar-refractivity contribution in [3.8, 4) is 5.69 Å². The predicted molar refractivity (Wildman–Crippen MR) is 81.0 cm³/mol. The van der Waals surface area contributed by atoms with Crippen LogP contribution in [-0.4, -0.2) is 34.5 Å². The normalized spacial score (nSPS) is 13.7. The minimum atomic E-state index is -0.172. The molecule has 0 saturated heterocycles. The van der Waals surface area contributed by atoms with Crippen LogP contribution in [0.25, 0.3) is 5.69 Å². The number of rotatable bonds is 6. The smallest absolute Gasteiger partial charge is 0.224 e. The molecule has 1 aromatic carbocycles. The van der Waals surface area contributed by atoms with Gasteiger partial charge in [0.2, 0.25) is 5.91 Å². The monoisotopic (exact) mass is 287 g/mol. The molecule has 0 aliphatic rings. The number of hydrogen-bond acceptors (Lipinski definition) is 4. The summed E-state index contributed by atoms with van der Waals surface area (Å²) in [5.41, 5.74) is 1.68. The molecule has 6 nitrogen and oxygen atoms in total. The lowest BCUT2D eigenvalue weighted by atomic mass is 10.1. The van der Waals surface area contributed by atoms with Crippen molar-refractivity contribution in [3.05, 3.63) is 42.2 Å². The topological polar surface area (TPSA) is 71.8 Å². The molecule has 0 spiro atoms. The number of benzene rings is 1. The fraction of sp³-hybridized carbons (Fsp3) is 0.400. The Labute approximate surface area is 124 Å². The Hall–Kier alpha value is -2.21. The van der Waals surface area contributed by atoms with E-state index in [1.54, 1.807) is 4.68 Å². The molecule has 2 rings (SSSR count). The average Bonchev–Trinajstić information content (AvgIpc) is 2.98. The van der Waals surface area contributed by atoms with E-state index in [0.717, 1.165) is 11.4 Å². The third-order valence-electron chi connectivity index (χ3n) is 3.29. The van der Waals surface area contributed by atoms with Gasteiger partial charge in [-0.25, -0.2) is 4.68 Å². The quantitative estimate of drug-likeness (QED) is 0.840. The molecular weight excluding hydrogens is 266 g/mol. The molecule has 1 heterocycles. The van der Waals surface area contributed by atoms with Gasteiger partial charge in [0.25, 0.3) is 0 Å². The van der Waals surface area contributed by atoms with Gasteiger partial charge in [0, 0.05) is 12.5 Å². The summed E-state index contributed by atoms with van der Waals surface area (Å²) < 4.78 is 1.70. The number of carbonyl (C=O) groups excluding carboxylic acids is 1. The van der Waals surface area contributed by atoms with Gasteiger partial charge < -0.3 is 10.6 Å². The van der Waals surface area contributed by atoms with Crippen molar-refractivity contribution in [2.75, 3.05) is 13.6 Å². The zero-order valence-electron chi connectivity index (χ0n) is 12.6. The van der Waals surface area contributed by atoms with Crippen LogP contribution in [0, 0.1) is 5.92 Å². The summed E-state index contributed by atoms with van der Waals surface area (Å²) in [6.45, 7) is 4.44. The molecule has 0 radical (unpaired) electrons. The minimum Gasteiger partial charge on any atom is -0.348 e. The Morgan fingerprint density at radius 1 is 1.29 bits per heavy atom. The van der Waals surface area contributed by atoms with E-state index >= 15 is 0 Å². The second kappa shape index (κ2) is 6.99. The average molecular weight is 287 g/mol. The van der Waals surface area contributed by atoms with Crippen molar-refractivity contribution in [1.29, 1.82) is 0 Å². The highest BCUT2D eigenvalue weighted by atomic mass is 16.1. The molecule has 2 aromatic rings. The third-order valence-corrected chi connectivity index (χ3v) is 3.29. The van der Waals surface area contributed by atoms with Crippen LogP contribution in [0.5, 0.6) is 0 Å². The first-order valence-corrected chi connectivity index (χ1v) is 7.04. The number of aromatic nitrogens is 3. The second-order valence-corrected chi connectivity index (χ2v) is 5.11. The lowest BCUT2D eigenvalue weighted by Gasteiger charge is -2.15. The maximum Gasteiger partial charge on any atom is 0.224 e. The van der Waals surface area contributed by atoms with Gasteiger partial charge in [0.05, 0.1) is 17.9 Å². The fourth-order valence-corrected chi connectivity index (χ4v) is 2.01. The molecule has 2 N–H and O–H groups in total. The van der Waals surface area contributed by atoms with Gasteiger partial charge in [-0.05, 0) is 26.1 Å². The van der Waals surface area contributed by atoms with Crippen LogP contribution in [0.1, 0.15) is 25.6 Å². The van der Waals surface area contributed by atoms with E-state index in [9.17, 15) is 4.79 Å². The van der Waals surface area contributed by atoms with Crippen LogP contribution in [0.4, 0.5) is 0 Å². The largest absolute Gasteiger partial charge is 0.348 e. The molecule has 1 amide bonds. The number of nitrogens with zero attached hydrogens (tertiary/aromatic N) is 3. The molecule has 0 aliphatic heterocycles. The van der Waals surface area contributed by atoms with Gasteiger partial charge >= 0.3 is 0 Å². The van der Waals surface area contributed by atoms with Gasteiger partial charge in [0.1, 0.15) is 5.69 Å². The van der Waals surface area contributed by atoms with Crippen LogP contribution < -0.4 is 10.6 Å². The van der Waals surface area contributed by atoms with Crippen LogP contribution >= 0.6 is 0 Å². The van der Waals surface area contributed by atoms with Crippen molar-refractivity contribution in [3.63, 3.8) is 0 Å². The van der Waals surface area contributed by atoms with Crippen molar-refractivity contribution in [1.82, 2.24) is 25.6 Å². The van der Waals surface area contributed by atoms with Crippen molar-refractivity contribution < 1.29 is 4.79 Å². The highest BCUT2D eigenvalue weighted by molar-refractivity contribution is 5.78. The molecule has 112 valence electrons.